The van der Waals surface area contributed by atoms with Gasteiger partial charge in [0.25, 0.3) is 11.6 Å². The molecule has 0 heterocycles. The van der Waals surface area contributed by atoms with E-state index in [1.165, 1.54) is 12.1 Å². The number of nitro benzene ring substituents is 1. The van der Waals surface area contributed by atoms with Crippen molar-refractivity contribution < 1.29 is 14.8 Å². The van der Waals surface area contributed by atoms with Crippen molar-refractivity contribution in [2.75, 3.05) is 5.32 Å². The van der Waals surface area contributed by atoms with Crippen LogP contribution in [0.15, 0.2) is 36.4 Å². The first-order chi connectivity index (χ1) is 9.90. The normalized spacial score (nSPS) is 10.2. The zero-order valence-corrected chi connectivity index (χ0v) is 11.6. The highest BCUT2D eigenvalue weighted by Crippen LogP contribution is 2.27. The SMILES string of the molecule is Cc1ccc(NC(=O)c2cccc(C)c2[N+](=O)[O-])c(O)c1. The zero-order valence-electron chi connectivity index (χ0n) is 11.6. The van der Waals surface area contributed by atoms with E-state index in [-0.39, 0.29) is 22.7 Å². The van der Waals surface area contributed by atoms with Gasteiger partial charge in [0.1, 0.15) is 11.3 Å². The molecule has 0 aliphatic carbocycles. The fourth-order valence-electron chi connectivity index (χ4n) is 2.02. The molecule has 1 amide bonds. The molecule has 0 aliphatic rings. The monoisotopic (exact) mass is 286 g/mol. The number of amides is 1. The number of hydrogen-bond donors (Lipinski definition) is 2. The van der Waals surface area contributed by atoms with Crippen molar-refractivity contribution in [3.8, 4) is 5.75 Å². The molecule has 0 aromatic heterocycles. The second-order valence-electron chi connectivity index (χ2n) is 4.70. The highest BCUT2D eigenvalue weighted by atomic mass is 16.6. The van der Waals surface area contributed by atoms with Gasteiger partial charge < -0.3 is 10.4 Å². The van der Waals surface area contributed by atoms with Gasteiger partial charge in [0.2, 0.25) is 0 Å². The summed E-state index contributed by atoms with van der Waals surface area (Å²) in [6.07, 6.45) is 0. The molecule has 6 nitrogen and oxygen atoms in total. The van der Waals surface area contributed by atoms with E-state index in [0.29, 0.717) is 5.56 Å². The zero-order chi connectivity index (χ0) is 15.6. The van der Waals surface area contributed by atoms with E-state index in [4.69, 9.17) is 0 Å². The van der Waals surface area contributed by atoms with E-state index in [9.17, 15) is 20.0 Å². The fourth-order valence-corrected chi connectivity index (χ4v) is 2.02. The Morgan fingerprint density at radius 3 is 2.57 bits per heavy atom. The molecule has 2 aromatic rings. The summed E-state index contributed by atoms with van der Waals surface area (Å²) >= 11 is 0. The summed E-state index contributed by atoms with van der Waals surface area (Å²) in [5.41, 5.74) is 1.18. The second-order valence-corrected chi connectivity index (χ2v) is 4.70. The Morgan fingerprint density at radius 1 is 1.24 bits per heavy atom. The Morgan fingerprint density at radius 2 is 1.95 bits per heavy atom. The van der Waals surface area contributed by atoms with Crippen molar-refractivity contribution in [2.45, 2.75) is 13.8 Å². The molecule has 0 bridgehead atoms. The molecule has 0 saturated heterocycles. The molecule has 2 aromatic carbocycles. The minimum atomic E-state index is -0.635. The largest absolute Gasteiger partial charge is 0.506 e. The van der Waals surface area contributed by atoms with Crippen LogP contribution >= 0.6 is 0 Å². The van der Waals surface area contributed by atoms with Gasteiger partial charge in [-0.1, -0.05) is 18.2 Å². The predicted molar refractivity (Wildman–Crippen MR) is 78.6 cm³/mol. The van der Waals surface area contributed by atoms with Crippen LogP contribution in [0.3, 0.4) is 0 Å². The van der Waals surface area contributed by atoms with E-state index < -0.39 is 10.8 Å². The number of anilines is 1. The third-order valence-electron chi connectivity index (χ3n) is 3.07. The van der Waals surface area contributed by atoms with Gasteiger partial charge in [0, 0.05) is 5.56 Å². The van der Waals surface area contributed by atoms with Gasteiger partial charge in [-0.05, 0) is 37.6 Å². The van der Waals surface area contributed by atoms with Crippen LogP contribution in [0.4, 0.5) is 11.4 Å². The lowest BCUT2D eigenvalue weighted by atomic mass is 10.1. The van der Waals surface area contributed by atoms with Gasteiger partial charge in [0.05, 0.1) is 10.6 Å². The number of aryl methyl sites for hydroxylation is 2. The molecular weight excluding hydrogens is 272 g/mol. The molecular formula is C15H14N2O4. The fraction of sp³-hybridized carbons (Fsp3) is 0.133. The number of hydrogen-bond acceptors (Lipinski definition) is 4. The number of phenolic OH excluding ortho intramolecular Hbond substituents is 1. The molecule has 2 rings (SSSR count). The molecule has 21 heavy (non-hydrogen) atoms. The van der Waals surface area contributed by atoms with E-state index in [1.807, 2.05) is 0 Å². The summed E-state index contributed by atoms with van der Waals surface area (Å²) in [6, 6.07) is 9.29. The van der Waals surface area contributed by atoms with Gasteiger partial charge in [-0.2, -0.15) is 0 Å². The molecule has 0 fully saturated rings. The van der Waals surface area contributed by atoms with E-state index in [2.05, 4.69) is 5.32 Å². The van der Waals surface area contributed by atoms with Gasteiger partial charge in [-0.3, -0.25) is 14.9 Å². The van der Waals surface area contributed by atoms with Crippen LogP contribution in [0, 0.1) is 24.0 Å². The summed E-state index contributed by atoms with van der Waals surface area (Å²) < 4.78 is 0. The van der Waals surface area contributed by atoms with Crippen LogP contribution in [-0.2, 0) is 0 Å². The molecule has 0 aliphatic heterocycles. The summed E-state index contributed by atoms with van der Waals surface area (Å²) in [5.74, 6) is -0.719. The van der Waals surface area contributed by atoms with Crippen molar-refractivity contribution in [1.29, 1.82) is 0 Å². The Labute approximate surface area is 121 Å². The maximum absolute atomic E-state index is 12.2. The van der Waals surface area contributed by atoms with Gasteiger partial charge in [-0.15, -0.1) is 0 Å². The number of nitrogens with zero attached hydrogens (tertiary/aromatic N) is 1. The van der Waals surface area contributed by atoms with Gasteiger partial charge >= 0.3 is 0 Å². The lowest BCUT2D eigenvalue weighted by Crippen LogP contribution is -2.14. The first-order valence-electron chi connectivity index (χ1n) is 6.25. The summed E-state index contributed by atoms with van der Waals surface area (Å²) in [7, 11) is 0. The van der Waals surface area contributed by atoms with Crippen molar-refractivity contribution >= 4 is 17.3 Å². The third kappa shape index (κ3) is 3.00. The smallest absolute Gasteiger partial charge is 0.285 e. The number of phenols is 1. The number of nitro groups is 1. The molecule has 108 valence electrons. The van der Waals surface area contributed by atoms with E-state index >= 15 is 0 Å². The molecule has 2 N–H and O–H groups in total. The first kappa shape index (κ1) is 14.5. The van der Waals surface area contributed by atoms with Crippen LogP contribution < -0.4 is 5.32 Å². The number of carbonyl (C=O) groups is 1. The molecule has 0 spiro atoms. The van der Waals surface area contributed by atoms with Crippen LogP contribution in [0.5, 0.6) is 5.75 Å². The molecule has 0 radical (unpaired) electrons. The average molecular weight is 286 g/mol. The average Bonchev–Trinajstić information content (AvgIpc) is 2.41. The number of para-hydroxylation sites is 1. The van der Waals surface area contributed by atoms with Crippen molar-refractivity contribution in [2.24, 2.45) is 0 Å². The number of rotatable bonds is 3. The maximum Gasteiger partial charge on any atom is 0.285 e. The molecule has 6 heteroatoms. The van der Waals surface area contributed by atoms with Gasteiger partial charge in [-0.25, -0.2) is 0 Å². The second kappa shape index (κ2) is 5.62. The number of nitrogens with one attached hydrogen (secondary N) is 1. The predicted octanol–water partition coefficient (Wildman–Crippen LogP) is 3.17. The Balaban J connectivity index is 2.37. The van der Waals surface area contributed by atoms with Gasteiger partial charge in [0.15, 0.2) is 0 Å². The number of carbonyl (C=O) groups excluding carboxylic acids is 1. The van der Waals surface area contributed by atoms with Crippen molar-refractivity contribution in [3.63, 3.8) is 0 Å². The third-order valence-corrected chi connectivity index (χ3v) is 3.07. The quantitative estimate of drug-likeness (QED) is 0.515. The Hall–Kier alpha value is -2.89. The summed E-state index contributed by atoms with van der Waals surface area (Å²) in [4.78, 5) is 22.7. The maximum atomic E-state index is 12.2. The summed E-state index contributed by atoms with van der Waals surface area (Å²) in [6.45, 7) is 3.37. The molecule has 0 atom stereocenters. The van der Waals surface area contributed by atoms with Crippen LogP contribution in [0.2, 0.25) is 0 Å². The summed E-state index contributed by atoms with van der Waals surface area (Å²) in [5, 5.41) is 23.3. The van der Waals surface area contributed by atoms with E-state index in [1.54, 1.807) is 38.1 Å². The minimum absolute atomic E-state index is 0.0417. The highest BCUT2D eigenvalue weighted by molar-refractivity contribution is 6.08. The lowest BCUT2D eigenvalue weighted by molar-refractivity contribution is -0.385. The standard InChI is InChI=1S/C15H14N2O4/c1-9-6-7-12(13(18)8-9)16-15(19)11-5-3-4-10(2)14(11)17(20)21/h3-8,18H,1-2H3,(H,16,19). The van der Waals surface area contributed by atoms with Crippen LogP contribution in [-0.4, -0.2) is 15.9 Å². The number of aromatic hydroxyl groups is 1. The van der Waals surface area contributed by atoms with Crippen molar-refractivity contribution in [1.82, 2.24) is 0 Å². The van der Waals surface area contributed by atoms with Crippen LogP contribution in [0.1, 0.15) is 21.5 Å². The lowest BCUT2D eigenvalue weighted by Gasteiger charge is -2.09. The minimum Gasteiger partial charge on any atom is -0.506 e. The molecule has 0 saturated carbocycles. The first-order valence-corrected chi connectivity index (χ1v) is 6.25. The van der Waals surface area contributed by atoms with Crippen LogP contribution in [0.25, 0.3) is 0 Å². The number of benzene rings is 2. The molecule has 0 unspecified atom stereocenters. The van der Waals surface area contributed by atoms with E-state index in [0.717, 1.165) is 5.56 Å². The Kier molecular flexibility index (Phi) is 3.89. The Bertz CT molecular complexity index is 726. The topological polar surface area (TPSA) is 92.5 Å². The van der Waals surface area contributed by atoms with Crippen molar-refractivity contribution in [3.05, 3.63) is 63.2 Å². The highest BCUT2D eigenvalue weighted by Gasteiger charge is 2.22.